The molecule has 1 saturated heterocycles. The number of likely N-dealkylation sites (tertiary alicyclic amines) is 1. The highest BCUT2D eigenvalue weighted by molar-refractivity contribution is 7.75. The molecule has 7 nitrogen and oxygen atoms in total. The largest absolute Gasteiger partial charge is 0.504 e. The Morgan fingerprint density at radius 3 is 2.80 bits per heavy atom. The Morgan fingerprint density at radius 1 is 1.10 bits per heavy atom. The third-order valence-electron chi connectivity index (χ3n) is 10.5. The van der Waals surface area contributed by atoms with Gasteiger partial charge in [-0.15, -0.1) is 0 Å². The van der Waals surface area contributed by atoms with Crippen molar-refractivity contribution in [2.24, 2.45) is 5.92 Å². The predicted molar refractivity (Wildman–Crippen MR) is 149 cm³/mol. The maximum atomic E-state index is 13.6. The first-order valence-corrected chi connectivity index (χ1v) is 15.8. The van der Waals surface area contributed by atoms with E-state index in [1.54, 1.807) is 6.07 Å². The van der Waals surface area contributed by atoms with Crippen molar-refractivity contribution in [1.29, 1.82) is 0 Å². The first-order chi connectivity index (χ1) is 19.5. The highest BCUT2D eigenvalue weighted by Gasteiger charge is 2.75. The SMILES string of the molecule is O=C1CCC2(OS(=O)OCCC3=CCc4ccccc4C3)C3Cc4ccc(O)c5c4C2(CCN3CC2CC2)C1O5. The van der Waals surface area contributed by atoms with E-state index in [0.717, 1.165) is 37.1 Å². The van der Waals surface area contributed by atoms with Crippen molar-refractivity contribution in [3.63, 3.8) is 0 Å². The normalized spacial score (nSPS) is 32.6. The van der Waals surface area contributed by atoms with E-state index >= 15 is 0 Å². The second kappa shape index (κ2) is 9.24. The van der Waals surface area contributed by atoms with Gasteiger partial charge in [-0.3, -0.25) is 18.1 Å². The summed E-state index contributed by atoms with van der Waals surface area (Å²) in [5, 5.41) is 10.8. The minimum atomic E-state index is -1.99. The summed E-state index contributed by atoms with van der Waals surface area (Å²) in [5.74, 6) is 1.20. The third kappa shape index (κ3) is 3.65. The first kappa shape index (κ1) is 25.2. The summed E-state index contributed by atoms with van der Waals surface area (Å²) in [6.07, 6.45) is 8.67. The van der Waals surface area contributed by atoms with Gasteiger partial charge in [0.2, 0.25) is 0 Å². The van der Waals surface area contributed by atoms with Crippen molar-refractivity contribution in [1.82, 2.24) is 4.90 Å². The van der Waals surface area contributed by atoms with Gasteiger partial charge in [0.15, 0.2) is 23.4 Å². The molecule has 0 radical (unpaired) electrons. The molecule has 2 aromatic carbocycles. The van der Waals surface area contributed by atoms with Crippen LogP contribution in [0, 0.1) is 5.92 Å². The number of hydrogen-bond donors (Lipinski definition) is 1. The quantitative estimate of drug-likeness (QED) is 0.482. The Bertz CT molecular complexity index is 1450. The van der Waals surface area contributed by atoms with Gasteiger partial charge in [-0.2, -0.15) is 4.21 Å². The van der Waals surface area contributed by atoms with Crippen LogP contribution in [0.2, 0.25) is 0 Å². The second-order valence-electron chi connectivity index (χ2n) is 12.6. The predicted octanol–water partition coefficient (Wildman–Crippen LogP) is 4.26. The monoisotopic (exact) mass is 561 g/mol. The van der Waals surface area contributed by atoms with Crippen molar-refractivity contribution in [2.75, 3.05) is 19.7 Å². The van der Waals surface area contributed by atoms with Gasteiger partial charge in [-0.1, -0.05) is 42.0 Å². The van der Waals surface area contributed by atoms with E-state index in [1.807, 2.05) is 6.07 Å². The Kier molecular flexibility index (Phi) is 5.83. The summed E-state index contributed by atoms with van der Waals surface area (Å²) in [6, 6.07) is 12.1. The molecular formula is C32H35NO6S. The number of allylic oxidation sites excluding steroid dienone is 1. The Balaban J connectivity index is 1.08. The molecule has 0 amide bonds. The Labute approximate surface area is 237 Å². The lowest BCUT2D eigenvalue weighted by Crippen LogP contribution is -2.77. The maximum absolute atomic E-state index is 13.6. The molecule has 8 heteroatoms. The molecule has 2 bridgehead atoms. The van der Waals surface area contributed by atoms with Crippen LogP contribution in [0.1, 0.15) is 60.8 Å². The summed E-state index contributed by atoms with van der Waals surface area (Å²) < 4.78 is 32.4. The van der Waals surface area contributed by atoms with E-state index in [4.69, 9.17) is 13.1 Å². The molecule has 6 aliphatic rings. The summed E-state index contributed by atoms with van der Waals surface area (Å²) in [6.45, 7) is 2.13. The third-order valence-corrected chi connectivity index (χ3v) is 11.3. The summed E-state index contributed by atoms with van der Waals surface area (Å²) in [5.41, 5.74) is 4.34. The number of phenols is 1. The lowest BCUT2D eigenvalue weighted by atomic mass is 9.49. The highest BCUT2D eigenvalue weighted by Crippen LogP contribution is 2.66. The fraction of sp³-hybridized carbons (Fsp3) is 0.531. The molecule has 4 aliphatic carbocycles. The standard InChI is InChI=1S/C32H35NO6S/c34-25-10-9-24-18-27-32(39-40(36)37-16-12-20-7-8-22-3-1-2-4-23(22)17-20)13-11-26(35)30-31(32,28(24)29(25)38-30)14-15-33(27)19-21-5-6-21/h1-4,7,9-10,21,27,30,34H,5-6,8,11-19H2. The number of nitrogens with zero attached hydrogens (tertiary/aromatic N) is 1. The molecule has 40 heavy (non-hydrogen) atoms. The van der Waals surface area contributed by atoms with E-state index in [2.05, 4.69) is 35.2 Å². The number of ketones is 1. The topological polar surface area (TPSA) is 85.3 Å². The smallest absolute Gasteiger partial charge is 0.305 e. The van der Waals surface area contributed by atoms with Crippen LogP contribution in [-0.2, 0) is 49.2 Å². The van der Waals surface area contributed by atoms with Crippen LogP contribution in [0.3, 0.4) is 0 Å². The fourth-order valence-corrected chi connectivity index (χ4v) is 9.33. The first-order valence-electron chi connectivity index (χ1n) is 14.8. The zero-order chi connectivity index (χ0) is 27.1. The fourth-order valence-electron chi connectivity index (χ4n) is 8.48. The average molecular weight is 562 g/mol. The number of ether oxygens (including phenoxy) is 1. The van der Waals surface area contributed by atoms with Gasteiger partial charge < -0.3 is 9.84 Å². The van der Waals surface area contributed by atoms with E-state index < -0.39 is 28.5 Å². The van der Waals surface area contributed by atoms with Crippen LogP contribution >= 0.6 is 0 Å². The number of carbonyl (C=O) groups excluding carboxylic acids is 1. The number of fused-ring (bicyclic) bond motifs is 1. The van der Waals surface area contributed by atoms with Gasteiger partial charge in [-0.05, 0) is 86.6 Å². The van der Waals surface area contributed by atoms with E-state index in [1.165, 1.54) is 29.5 Å². The second-order valence-corrected chi connectivity index (χ2v) is 13.4. The molecule has 5 atom stereocenters. The van der Waals surface area contributed by atoms with E-state index in [9.17, 15) is 14.1 Å². The van der Waals surface area contributed by atoms with Crippen molar-refractivity contribution in [3.05, 3.63) is 70.3 Å². The van der Waals surface area contributed by atoms with Gasteiger partial charge in [0.1, 0.15) is 5.60 Å². The number of rotatable bonds is 8. The van der Waals surface area contributed by atoms with Crippen molar-refractivity contribution in [3.8, 4) is 11.5 Å². The number of hydrogen-bond acceptors (Lipinski definition) is 7. The minimum absolute atomic E-state index is 0.0332. The maximum Gasteiger partial charge on any atom is 0.305 e. The van der Waals surface area contributed by atoms with Crippen LogP contribution in [0.4, 0.5) is 0 Å². The number of aromatic hydroxyl groups is 1. The molecule has 5 unspecified atom stereocenters. The molecule has 8 rings (SSSR count). The molecule has 3 fully saturated rings. The molecular weight excluding hydrogens is 526 g/mol. The molecule has 1 N–H and O–H groups in total. The van der Waals surface area contributed by atoms with Crippen molar-refractivity contribution >= 4 is 17.1 Å². The summed E-state index contributed by atoms with van der Waals surface area (Å²) in [4.78, 5) is 15.9. The Morgan fingerprint density at radius 2 is 1.95 bits per heavy atom. The zero-order valence-corrected chi connectivity index (χ0v) is 23.4. The van der Waals surface area contributed by atoms with Gasteiger partial charge in [-0.25, -0.2) is 0 Å². The van der Waals surface area contributed by atoms with Crippen LogP contribution in [0.15, 0.2) is 48.0 Å². The number of benzene rings is 2. The lowest BCUT2D eigenvalue weighted by molar-refractivity contribution is -0.177. The van der Waals surface area contributed by atoms with Crippen LogP contribution in [-0.4, -0.2) is 57.4 Å². The average Bonchev–Trinajstić information content (AvgIpc) is 3.70. The summed E-state index contributed by atoms with van der Waals surface area (Å²) >= 11 is -1.99. The molecule has 2 saturated carbocycles. The van der Waals surface area contributed by atoms with E-state index in [-0.39, 0.29) is 17.6 Å². The molecule has 1 spiro atoms. The Hall–Kier alpha value is -2.52. The van der Waals surface area contributed by atoms with Gasteiger partial charge in [0, 0.05) is 24.6 Å². The molecule has 2 heterocycles. The number of phenolic OH excluding ortho intramolecular Hbond substituents is 1. The van der Waals surface area contributed by atoms with Gasteiger partial charge in [0.25, 0.3) is 0 Å². The molecule has 210 valence electrons. The van der Waals surface area contributed by atoms with Crippen LogP contribution in [0.5, 0.6) is 11.5 Å². The molecule has 0 aromatic heterocycles. The number of piperidine rings is 1. The van der Waals surface area contributed by atoms with Gasteiger partial charge in [0.05, 0.1) is 12.0 Å². The molecule has 2 aliphatic heterocycles. The van der Waals surface area contributed by atoms with Gasteiger partial charge >= 0.3 is 11.4 Å². The van der Waals surface area contributed by atoms with E-state index in [0.29, 0.717) is 50.4 Å². The summed E-state index contributed by atoms with van der Waals surface area (Å²) in [7, 11) is 0. The number of carbonyl (C=O) groups is 1. The van der Waals surface area contributed by atoms with Crippen LogP contribution < -0.4 is 4.74 Å². The van der Waals surface area contributed by atoms with Crippen molar-refractivity contribution < 1.29 is 27.2 Å². The molecule has 2 aromatic rings. The lowest BCUT2D eigenvalue weighted by Gasteiger charge is -2.63. The number of Topliss-reactive ketones (excluding diaryl/α,β-unsaturated/α-hetero) is 1. The minimum Gasteiger partial charge on any atom is -0.504 e. The van der Waals surface area contributed by atoms with Crippen molar-refractivity contribution in [2.45, 2.75) is 80.9 Å². The zero-order valence-electron chi connectivity index (χ0n) is 22.6. The highest BCUT2D eigenvalue weighted by atomic mass is 32.2. The van der Waals surface area contributed by atoms with Crippen LogP contribution in [0.25, 0.3) is 0 Å².